The van der Waals surface area contributed by atoms with Crippen LogP contribution in [0, 0.1) is 5.41 Å². The maximum absolute atomic E-state index is 13.2. The Balaban J connectivity index is 1.83. The first-order valence-electron chi connectivity index (χ1n) is 7.66. The number of rotatable bonds is 2. The van der Waals surface area contributed by atoms with Gasteiger partial charge in [0.15, 0.2) is 5.41 Å². The number of hydrogen-bond acceptors (Lipinski definition) is 3. The van der Waals surface area contributed by atoms with Gasteiger partial charge in [0, 0.05) is 30.8 Å². The molecule has 0 aromatic heterocycles. The number of anilines is 1. The number of aliphatic carboxylic acids is 1. The van der Waals surface area contributed by atoms with E-state index in [9.17, 15) is 27.6 Å². The Hall–Kier alpha value is -2.58. The molecule has 2 amide bonds. The largest absolute Gasteiger partial charge is 0.481 e. The molecule has 3 rings (SSSR count). The van der Waals surface area contributed by atoms with Crippen LogP contribution in [0.5, 0.6) is 0 Å². The van der Waals surface area contributed by atoms with E-state index in [1.54, 1.807) is 0 Å². The molecule has 1 atom stereocenters. The van der Waals surface area contributed by atoms with Crippen molar-refractivity contribution >= 4 is 23.5 Å². The quantitative estimate of drug-likeness (QED) is 0.849. The second kappa shape index (κ2) is 5.75. The number of nitrogens with zero attached hydrogens (tertiary/aromatic N) is 1. The second-order valence-electron chi connectivity index (χ2n) is 6.28. The summed E-state index contributed by atoms with van der Waals surface area (Å²) in [6.45, 7) is -1.18. The number of likely N-dealkylation sites (tertiary alicyclic amines) is 1. The molecule has 134 valence electrons. The fourth-order valence-corrected chi connectivity index (χ4v) is 3.21. The molecule has 9 heteroatoms. The van der Waals surface area contributed by atoms with E-state index >= 15 is 0 Å². The van der Waals surface area contributed by atoms with E-state index in [2.05, 4.69) is 5.32 Å². The van der Waals surface area contributed by atoms with Crippen LogP contribution in [0.1, 0.15) is 28.8 Å². The molecular formula is C16H15F3N2O4. The highest BCUT2D eigenvalue weighted by Crippen LogP contribution is 2.46. The van der Waals surface area contributed by atoms with Crippen molar-refractivity contribution in [1.82, 2.24) is 4.90 Å². The summed E-state index contributed by atoms with van der Waals surface area (Å²) in [4.78, 5) is 36.0. The number of aryl methyl sites for hydroxylation is 1. The average Bonchev–Trinajstić information content (AvgIpc) is 3.00. The molecule has 1 saturated heterocycles. The summed E-state index contributed by atoms with van der Waals surface area (Å²) in [5.74, 6) is -2.75. The number of hydrogen-bond donors (Lipinski definition) is 2. The van der Waals surface area contributed by atoms with Gasteiger partial charge in [-0.2, -0.15) is 13.2 Å². The van der Waals surface area contributed by atoms with Gasteiger partial charge < -0.3 is 15.3 Å². The van der Waals surface area contributed by atoms with Crippen LogP contribution in [0.15, 0.2) is 18.2 Å². The SMILES string of the molecule is O=C1CCc2cc(C(=O)N3CCC(C(=O)O)(C(F)(F)F)C3)ccc2N1. The van der Waals surface area contributed by atoms with E-state index in [1.165, 1.54) is 18.2 Å². The van der Waals surface area contributed by atoms with E-state index in [1.807, 2.05) is 0 Å². The number of carboxylic acid groups (broad SMARTS) is 1. The van der Waals surface area contributed by atoms with Crippen LogP contribution in [0.3, 0.4) is 0 Å². The Bertz CT molecular complexity index is 762. The minimum absolute atomic E-state index is 0.137. The van der Waals surface area contributed by atoms with Crippen molar-refractivity contribution in [1.29, 1.82) is 0 Å². The van der Waals surface area contributed by atoms with Crippen LogP contribution in [-0.2, 0) is 16.0 Å². The maximum atomic E-state index is 13.2. The summed E-state index contributed by atoms with van der Waals surface area (Å²) in [5.41, 5.74) is -1.45. The lowest BCUT2D eigenvalue weighted by Crippen LogP contribution is -2.47. The van der Waals surface area contributed by atoms with Gasteiger partial charge in [0.25, 0.3) is 5.91 Å². The number of carbonyl (C=O) groups excluding carboxylic acids is 2. The molecule has 2 aliphatic heterocycles. The lowest BCUT2D eigenvalue weighted by atomic mass is 9.86. The number of alkyl halides is 3. The second-order valence-corrected chi connectivity index (χ2v) is 6.28. The summed E-state index contributed by atoms with van der Waals surface area (Å²) in [6.07, 6.45) is -4.90. The van der Waals surface area contributed by atoms with Crippen molar-refractivity contribution in [3.63, 3.8) is 0 Å². The maximum Gasteiger partial charge on any atom is 0.406 e. The van der Waals surface area contributed by atoms with Crippen molar-refractivity contribution in [2.45, 2.75) is 25.4 Å². The molecule has 2 aliphatic rings. The first-order chi connectivity index (χ1) is 11.6. The first kappa shape index (κ1) is 17.2. The third-order valence-electron chi connectivity index (χ3n) is 4.76. The van der Waals surface area contributed by atoms with Gasteiger partial charge in [-0.1, -0.05) is 0 Å². The molecule has 0 radical (unpaired) electrons. The number of benzene rings is 1. The van der Waals surface area contributed by atoms with Crippen molar-refractivity contribution in [3.8, 4) is 0 Å². The summed E-state index contributed by atoms with van der Waals surface area (Å²) in [6, 6.07) is 4.48. The minimum Gasteiger partial charge on any atom is -0.481 e. The Labute approximate surface area is 140 Å². The molecule has 0 aliphatic carbocycles. The predicted octanol–water partition coefficient (Wildman–Crippen LogP) is 2.05. The van der Waals surface area contributed by atoms with Crippen molar-refractivity contribution in [2.24, 2.45) is 5.41 Å². The Morgan fingerprint density at radius 3 is 2.56 bits per heavy atom. The van der Waals surface area contributed by atoms with Crippen LogP contribution in [-0.4, -0.2) is 47.1 Å². The van der Waals surface area contributed by atoms with Gasteiger partial charge in [0.05, 0.1) is 0 Å². The monoisotopic (exact) mass is 356 g/mol. The first-order valence-corrected chi connectivity index (χ1v) is 7.66. The number of nitrogens with one attached hydrogen (secondary N) is 1. The number of carbonyl (C=O) groups is 3. The normalized spacial score (nSPS) is 23.2. The summed E-state index contributed by atoms with van der Waals surface area (Å²) in [5, 5.41) is 11.7. The molecule has 0 bridgehead atoms. The number of fused-ring (bicyclic) bond motifs is 1. The molecule has 6 nitrogen and oxygen atoms in total. The fraction of sp³-hybridized carbons (Fsp3) is 0.438. The highest BCUT2D eigenvalue weighted by atomic mass is 19.4. The van der Waals surface area contributed by atoms with E-state index in [-0.39, 0.29) is 24.4 Å². The highest BCUT2D eigenvalue weighted by molar-refractivity contribution is 5.98. The molecule has 1 aromatic carbocycles. The van der Waals surface area contributed by atoms with Gasteiger partial charge in [-0.05, 0) is 36.6 Å². The summed E-state index contributed by atoms with van der Waals surface area (Å²) in [7, 11) is 0. The molecule has 1 aromatic rings. The average molecular weight is 356 g/mol. The van der Waals surface area contributed by atoms with E-state index < -0.39 is 36.4 Å². The molecule has 1 fully saturated rings. The minimum atomic E-state index is -4.94. The van der Waals surface area contributed by atoms with Gasteiger partial charge in [-0.3, -0.25) is 14.4 Å². The zero-order chi connectivity index (χ0) is 18.4. The van der Waals surface area contributed by atoms with E-state index in [4.69, 9.17) is 5.11 Å². The molecule has 0 spiro atoms. The fourth-order valence-electron chi connectivity index (χ4n) is 3.21. The zero-order valence-electron chi connectivity index (χ0n) is 13.0. The van der Waals surface area contributed by atoms with Gasteiger partial charge in [-0.25, -0.2) is 0 Å². The third-order valence-corrected chi connectivity index (χ3v) is 4.76. The van der Waals surface area contributed by atoms with E-state index in [0.29, 0.717) is 12.1 Å². The summed E-state index contributed by atoms with van der Waals surface area (Å²) >= 11 is 0. The van der Waals surface area contributed by atoms with E-state index in [0.717, 1.165) is 10.5 Å². The zero-order valence-corrected chi connectivity index (χ0v) is 13.0. The molecular weight excluding hydrogens is 341 g/mol. The lowest BCUT2D eigenvalue weighted by Gasteiger charge is -2.27. The van der Waals surface area contributed by atoms with Gasteiger partial charge >= 0.3 is 12.1 Å². The Morgan fingerprint density at radius 1 is 1.24 bits per heavy atom. The third kappa shape index (κ3) is 2.83. The van der Waals surface area contributed by atoms with Crippen LogP contribution in [0.4, 0.5) is 18.9 Å². The predicted molar refractivity (Wildman–Crippen MR) is 80.0 cm³/mol. The highest BCUT2D eigenvalue weighted by Gasteiger charge is 2.64. The molecule has 2 N–H and O–H groups in total. The van der Waals surface area contributed by atoms with Gasteiger partial charge in [0.1, 0.15) is 0 Å². The van der Waals surface area contributed by atoms with Crippen LogP contribution < -0.4 is 5.32 Å². The molecule has 2 heterocycles. The van der Waals surface area contributed by atoms with Crippen molar-refractivity contribution in [3.05, 3.63) is 29.3 Å². The van der Waals surface area contributed by atoms with Crippen molar-refractivity contribution < 1.29 is 32.7 Å². The number of halogens is 3. The molecule has 0 saturated carbocycles. The summed E-state index contributed by atoms with van der Waals surface area (Å²) < 4.78 is 39.6. The Morgan fingerprint density at radius 2 is 1.96 bits per heavy atom. The lowest BCUT2D eigenvalue weighted by molar-refractivity contribution is -0.227. The van der Waals surface area contributed by atoms with Gasteiger partial charge in [0.2, 0.25) is 5.91 Å². The van der Waals surface area contributed by atoms with Crippen LogP contribution in [0.25, 0.3) is 0 Å². The Kier molecular flexibility index (Phi) is 3.97. The van der Waals surface area contributed by atoms with Crippen molar-refractivity contribution in [2.75, 3.05) is 18.4 Å². The topological polar surface area (TPSA) is 86.7 Å². The van der Waals surface area contributed by atoms with Crippen LogP contribution >= 0.6 is 0 Å². The smallest absolute Gasteiger partial charge is 0.406 e. The van der Waals surface area contributed by atoms with Crippen LogP contribution in [0.2, 0.25) is 0 Å². The number of carboxylic acids is 1. The molecule has 1 unspecified atom stereocenters. The van der Waals surface area contributed by atoms with Gasteiger partial charge in [-0.15, -0.1) is 0 Å². The number of amides is 2. The standard InChI is InChI=1S/C16H15F3N2O4/c17-16(18,19)15(14(24)25)5-6-21(8-15)13(23)10-1-3-11-9(7-10)2-4-12(22)20-11/h1,3,7H,2,4-6,8H2,(H,20,22)(H,24,25). The molecule has 25 heavy (non-hydrogen) atoms.